The number of aryl methyl sites for hydroxylation is 2. The Morgan fingerprint density at radius 3 is 2.33 bits per heavy atom. The Labute approximate surface area is 144 Å². The van der Waals surface area contributed by atoms with Gasteiger partial charge in [-0.2, -0.15) is 0 Å². The second kappa shape index (κ2) is 8.18. The summed E-state index contributed by atoms with van der Waals surface area (Å²) in [5.74, 6) is -0.245. The number of rotatable bonds is 4. The zero-order chi connectivity index (χ0) is 17.7. The van der Waals surface area contributed by atoms with Crippen molar-refractivity contribution in [3.63, 3.8) is 0 Å². The zero-order valence-corrected chi connectivity index (χ0v) is 15.1. The predicted octanol–water partition coefficient (Wildman–Crippen LogP) is 2.83. The van der Waals surface area contributed by atoms with Crippen LogP contribution in [-0.4, -0.2) is 43.1 Å². The molecule has 2 rings (SSSR count). The van der Waals surface area contributed by atoms with Crippen LogP contribution in [0.25, 0.3) is 0 Å². The number of carbonyl (C=O) groups excluding carboxylic acids is 2. The molecule has 1 aromatic carbocycles. The number of nitrogens with zero attached hydrogens (tertiary/aromatic N) is 1. The lowest BCUT2D eigenvalue weighted by molar-refractivity contribution is -0.146. The van der Waals surface area contributed by atoms with Crippen LogP contribution in [0.1, 0.15) is 36.5 Å². The largest absolute Gasteiger partial charge is 0.469 e. The minimum Gasteiger partial charge on any atom is -0.469 e. The molecule has 5 nitrogen and oxygen atoms in total. The van der Waals surface area contributed by atoms with Crippen LogP contribution in [0.15, 0.2) is 18.2 Å². The van der Waals surface area contributed by atoms with Crippen LogP contribution in [0.3, 0.4) is 0 Å². The molecule has 0 bridgehead atoms. The molecule has 1 aliphatic heterocycles. The first-order valence-corrected chi connectivity index (χ1v) is 8.59. The molecule has 1 N–H and O–H groups in total. The summed E-state index contributed by atoms with van der Waals surface area (Å²) in [4.78, 5) is 25.7. The standard InChI is InChI=1S/C19H28N2O3/c1-13-9-14(2)11-16(10-13)12-15(3)20-19(23)21-7-5-17(6-8-21)18(22)24-4/h9-11,15,17H,5-8,12H2,1-4H3,(H,20,23). The molecule has 0 saturated carbocycles. The molecule has 1 fully saturated rings. The van der Waals surface area contributed by atoms with Gasteiger partial charge in [-0.05, 0) is 45.6 Å². The van der Waals surface area contributed by atoms with Crippen LogP contribution < -0.4 is 5.32 Å². The summed E-state index contributed by atoms with van der Waals surface area (Å²) in [7, 11) is 1.41. The molecule has 2 amide bonds. The predicted molar refractivity (Wildman–Crippen MR) is 93.9 cm³/mol. The summed E-state index contributed by atoms with van der Waals surface area (Å²) in [6.07, 6.45) is 2.16. The van der Waals surface area contributed by atoms with E-state index in [2.05, 4.69) is 37.4 Å². The van der Waals surface area contributed by atoms with Crippen molar-refractivity contribution < 1.29 is 14.3 Å². The Balaban J connectivity index is 1.83. The Morgan fingerprint density at radius 1 is 1.21 bits per heavy atom. The average molecular weight is 332 g/mol. The van der Waals surface area contributed by atoms with Gasteiger partial charge in [0.05, 0.1) is 13.0 Å². The molecule has 0 spiro atoms. The van der Waals surface area contributed by atoms with Crippen molar-refractivity contribution in [2.75, 3.05) is 20.2 Å². The first-order valence-electron chi connectivity index (χ1n) is 8.59. The summed E-state index contributed by atoms with van der Waals surface area (Å²) < 4.78 is 4.78. The van der Waals surface area contributed by atoms with E-state index in [0.29, 0.717) is 25.9 Å². The highest BCUT2D eigenvalue weighted by atomic mass is 16.5. The fraction of sp³-hybridized carbons (Fsp3) is 0.579. The first-order chi connectivity index (χ1) is 11.4. The average Bonchev–Trinajstić information content (AvgIpc) is 2.53. The van der Waals surface area contributed by atoms with E-state index in [4.69, 9.17) is 4.74 Å². The molecular weight excluding hydrogens is 304 g/mol. The number of esters is 1. The van der Waals surface area contributed by atoms with Crippen LogP contribution in [0.2, 0.25) is 0 Å². The van der Waals surface area contributed by atoms with E-state index in [9.17, 15) is 9.59 Å². The molecular formula is C19H28N2O3. The van der Waals surface area contributed by atoms with Crippen LogP contribution >= 0.6 is 0 Å². The summed E-state index contributed by atoms with van der Waals surface area (Å²) in [5.41, 5.74) is 3.73. The topological polar surface area (TPSA) is 58.6 Å². The second-order valence-corrected chi connectivity index (χ2v) is 6.84. The third-order valence-corrected chi connectivity index (χ3v) is 4.51. The van der Waals surface area contributed by atoms with E-state index in [1.165, 1.54) is 23.8 Å². The van der Waals surface area contributed by atoms with Crippen LogP contribution in [0.4, 0.5) is 4.79 Å². The van der Waals surface area contributed by atoms with Crippen LogP contribution in [0, 0.1) is 19.8 Å². The lowest BCUT2D eigenvalue weighted by Crippen LogP contribution is -2.48. The Morgan fingerprint density at radius 2 is 1.79 bits per heavy atom. The third kappa shape index (κ3) is 4.98. The van der Waals surface area contributed by atoms with Crippen molar-refractivity contribution in [1.29, 1.82) is 0 Å². The van der Waals surface area contributed by atoms with E-state index in [1.807, 2.05) is 6.92 Å². The lowest BCUT2D eigenvalue weighted by Gasteiger charge is -2.31. The third-order valence-electron chi connectivity index (χ3n) is 4.51. The maximum Gasteiger partial charge on any atom is 0.317 e. The molecule has 1 atom stereocenters. The summed E-state index contributed by atoms with van der Waals surface area (Å²) in [6, 6.07) is 6.50. The second-order valence-electron chi connectivity index (χ2n) is 6.84. The van der Waals surface area contributed by atoms with Crippen molar-refractivity contribution in [2.24, 2.45) is 5.92 Å². The number of hydrogen-bond acceptors (Lipinski definition) is 3. The monoisotopic (exact) mass is 332 g/mol. The van der Waals surface area contributed by atoms with E-state index < -0.39 is 0 Å². The van der Waals surface area contributed by atoms with Crippen molar-refractivity contribution in [1.82, 2.24) is 10.2 Å². The highest BCUT2D eigenvalue weighted by Crippen LogP contribution is 2.18. The van der Waals surface area contributed by atoms with E-state index in [0.717, 1.165) is 6.42 Å². The number of nitrogens with one attached hydrogen (secondary N) is 1. The number of methoxy groups -OCH3 is 1. The van der Waals surface area contributed by atoms with Gasteiger partial charge in [-0.25, -0.2) is 4.79 Å². The Bertz CT molecular complexity index is 572. The number of piperidine rings is 1. The number of likely N-dealkylation sites (tertiary alicyclic amines) is 1. The van der Waals surface area contributed by atoms with Gasteiger partial charge in [0.25, 0.3) is 0 Å². The van der Waals surface area contributed by atoms with Gasteiger partial charge >= 0.3 is 12.0 Å². The molecule has 1 heterocycles. The van der Waals surface area contributed by atoms with Crippen LogP contribution in [0.5, 0.6) is 0 Å². The van der Waals surface area contributed by atoms with Gasteiger partial charge in [0.2, 0.25) is 0 Å². The van der Waals surface area contributed by atoms with Gasteiger partial charge in [-0.3, -0.25) is 4.79 Å². The van der Waals surface area contributed by atoms with Gasteiger partial charge in [0.15, 0.2) is 0 Å². The number of benzene rings is 1. The van der Waals surface area contributed by atoms with E-state index in [-0.39, 0.29) is 24.0 Å². The van der Waals surface area contributed by atoms with Gasteiger partial charge in [-0.1, -0.05) is 29.3 Å². The van der Waals surface area contributed by atoms with Crippen molar-refractivity contribution >= 4 is 12.0 Å². The molecule has 1 aliphatic rings. The molecule has 1 unspecified atom stereocenters. The highest BCUT2D eigenvalue weighted by molar-refractivity contribution is 5.76. The molecule has 0 radical (unpaired) electrons. The molecule has 1 aromatic rings. The highest BCUT2D eigenvalue weighted by Gasteiger charge is 2.28. The lowest BCUT2D eigenvalue weighted by atomic mass is 9.97. The first kappa shape index (κ1) is 18.3. The minimum absolute atomic E-state index is 0.0461. The smallest absolute Gasteiger partial charge is 0.317 e. The van der Waals surface area contributed by atoms with E-state index in [1.54, 1.807) is 4.90 Å². The Hall–Kier alpha value is -2.04. The maximum absolute atomic E-state index is 12.4. The number of ether oxygens (including phenoxy) is 1. The molecule has 0 aliphatic carbocycles. The number of urea groups is 1. The summed E-state index contributed by atoms with van der Waals surface area (Å²) >= 11 is 0. The molecule has 0 aromatic heterocycles. The van der Waals surface area contributed by atoms with Crippen molar-refractivity contribution in [3.05, 3.63) is 34.9 Å². The molecule has 5 heteroatoms. The number of carbonyl (C=O) groups is 2. The summed E-state index contributed by atoms with van der Waals surface area (Å²) in [5, 5.41) is 3.07. The van der Waals surface area contributed by atoms with Gasteiger partial charge in [-0.15, -0.1) is 0 Å². The van der Waals surface area contributed by atoms with Gasteiger partial charge in [0, 0.05) is 19.1 Å². The number of amides is 2. The molecule has 24 heavy (non-hydrogen) atoms. The van der Waals surface area contributed by atoms with Gasteiger partial charge < -0.3 is 15.0 Å². The number of hydrogen-bond donors (Lipinski definition) is 1. The SMILES string of the molecule is COC(=O)C1CCN(C(=O)NC(C)Cc2cc(C)cc(C)c2)CC1. The quantitative estimate of drug-likeness (QED) is 0.863. The minimum atomic E-state index is -0.168. The normalized spacial score (nSPS) is 16.6. The fourth-order valence-corrected chi connectivity index (χ4v) is 3.38. The fourth-order valence-electron chi connectivity index (χ4n) is 3.38. The Kier molecular flexibility index (Phi) is 6.23. The van der Waals surface area contributed by atoms with Crippen LogP contribution in [-0.2, 0) is 16.0 Å². The maximum atomic E-state index is 12.4. The van der Waals surface area contributed by atoms with E-state index >= 15 is 0 Å². The molecule has 132 valence electrons. The molecule has 1 saturated heterocycles. The summed E-state index contributed by atoms with van der Waals surface area (Å²) in [6.45, 7) is 7.40. The van der Waals surface area contributed by atoms with Gasteiger partial charge in [0.1, 0.15) is 0 Å². The zero-order valence-electron chi connectivity index (χ0n) is 15.1. The van der Waals surface area contributed by atoms with Crippen molar-refractivity contribution in [2.45, 2.75) is 46.1 Å². The van der Waals surface area contributed by atoms with Crippen molar-refractivity contribution in [3.8, 4) is 0 Å².